The van der Waals surface area contributed by atoms with Crippen molar-refractivity contribution in [2.45, 2.75) is 36.6 Å². The van der Waals surface area contributed by atoms with E-state index in [1.165, 1.54) is 30.5 Å². The molecule has 12 heteroatoms. The van der Waals surface area contributed by atoms with Crippen LogP contribution in [0.5, 0.6) is 23.0 Å². The number of alkyl halides is 2. The van der Waals surface area contributed by atoms with Gasteiger partial charge in [-0.05, 0) is 43.5 Å². The van der Waals surface area contributed by atoms with Gasteiger partial charge in [0, 0.05) is 17.1 Å². The van der Waals surface area contributed by atoms with Crippen LogP contribution in [0.3, 0.4) is 0 Å². The van der Waals surface area contributed by atoms with Crippen LogP contribution in [0.4, 0.5) is 8.78 Å². The lowest BCUT2D eigenvalue weighted by Crippen LogP contribution is -2.84. The quantitative estimate of drug-likeness (QED) is 0.593. The van der Waals surface area contributed by atoms with Gasteiger partial charge in [-0.25, -0.2) is 4.98 Å². The molecule has 1 aromatic heterocycles. The van der Waals surface area contributed by atoms with Gasteiger partial charge in [0.25, 0.3) is 11.8 Å². The van der Waals surface area contributed by atoms with Crippen molar-refractivity contribution in [2.75, 3.05) is 13.2 Å². The third-order valence-corrected chi connectivity index (χ3v) is 5.80. The Balaban J connectivity index is 1.03. The van der Waals surface area contributed by atoms with Gasteiger partial charge in [0.1, 0.15) is 23.3 Å². The number of ether oxygens (including phenoxy) is 4. The average Bonchev–Trinajstić information content (AvgIpc) is 3.07. The molecule has 1 aliphatic heterocycles. The Bertz CT molecular complexity index is 1180. The third-order valence-electron chi connectivity index (χ3n) is 5.80. The molecule has 34 heavy (non-hydrogen) atoms. The van der Waals surface area contributed by atoms with E-state index in [1.807, 2.05) is 6.07 Å². The van der Waals surface area contributed by atoms with Gasteiger partial charge in [-0.15, -0.1) is 8.78 Å². The summed E-state index contributed by atoms with van der Waals surface area (Å²) in [5.74, 6) is -0.359. The number of hydrogen-bond acceptors (Lipinski definition) is 8. The second-order valence-electron chi connectivity index (χ2n) is 8.53. The Morgan fingerprint density at radius 3 is 2.15 bits per heavy atom. The van der Waals surface area contributed by atoms with E-state index in [-0.39, 0.29) is 59.0 Å². The fourth-order valence-electron chi connectivity index (χ4n) is 4.57. The highest BCUT2D eigenvalue weighted by molar-refractivity contribution is 5.81. The molecule has 3 aliphatic carbocycles. The van der Waals surface area contributed by atoms with Crippen LogP contribution in [0, 0.1) is 11.3 Å². The smallest absolute Gasteiger partial charge is 0.484 e. The van der Waals surface area contributed by atoms with E-state index < -0.39 is 6.29 Å². The summed E-state index contributed by atoms with van der Waals surface area (Å²) >= 11 is 0. The fraction of sp³-hybridized carbons (Fsp3) is 0.364. The van der Waals surface area contributed by atoms with Crippen LogP contribution in [0.15, 0.2) is 36.5 Å². The van der Waals surface area contributed by atoms with Crippen molar-refractivity contribution in [3.05, 3.63) is 42.2 Å². The van der Waals surface area contributed by atoms with E-state index in [0.717, 1.165) is 0 Å². The van der Waals surface area contributed by atoms with Crippen LogP contribution in [0.1, 0.15) is 25.0 Å². The van der Waals surface area contributed by atoms with Crippen LogP contribution >= 0.6 is 0 Å². The predicted octanol–water partition coefficient (Wildman–Crippen LogP) is 1.64. The molecule has 0 spiro atoms. The first kappa shape index (κ1) is 21.7. The molecular formula is C22H18F2N4O6. The van der Waals surface area contributed by atoms with Crippen molar-refractivity contribution in [2.24, 2.45) is 0 Å². The highest BCUT2D eigenvalue weighted by Crippen LogP contribution is 2.60. The van der Waals surface area contributed by atoms with E-state index in [4.69, 9.17) is 14.7 Å². The molecule has 0 saturated heterocycles. The maximum absolute atomic E-state index is 13.1. The lowest BCUT2D eigenvalue weighted by atomic mass is 9.44. The first-order chi connectivity index (χ1) is 16.2. The lowest BCUT2D eigenvalue weighted by Gasteiger charge is -2.70. The molecule has 176 valence electrons. The molecule has 6 rings (SSSR count). The van der Waals surface area contributed by atoms with Crippen LogP contribution in [0.25, 0.3) is 0 Å². The van der Waals surface area contributed by atoms with E-state index in [9.17, 15) is 18.4 Å². The Morgan fingerprint density at radius 2 is 1.56 bits per heavy atom. The maximum Gasteiger partial charge on any atom is 0.586 e. The summed E-state index contributed by atoms with van der Waals surface area (Å²) in [6.45, 7) is -0.492. The molecule has 3 fully saturated rings. The zero-order valence-electron chi connectivity index (χ0n) is 17.6. The maximum atomic E-state index is 13.1. The van der Waals surface area contributed by atoms with Gasteiger partial charge in [0.05, 0.1) is 6.20 Å². The molecular weight excluding hydrogens is 454 g/mol. The predicted molar refractivity (Wildman–Crippen MR) is 108 cm³/mol. The number of carbonyl (C=O) groups excluding carboxylic acids is 2. The summed E-state index contributed by atoms with van der Waals surface area (Å²) in [5, 5.41) is 14.6. The van der Waals surface area contributed by atoms with Crippen LogP contribution in [-0.2, 0) is 9.59 Å². The van der Waals surface area contributed by atoms with Gasteiger partial charge < -0.3 is 29.6 Å². The molecule has 4 aliphatic rings. The van der Waals surface area contributed by atoms with E-state index in [0.29, 0.717) is 25.0 Å². The Morgan fingerprint density at radius 1 is 0.971 bits per heavy atom. The number of hydrogen-bond donors (Lipinski definition) is 2. The summed E-state index contributed by atoms with van der Waals surface area (Å²) in [4.78, 5) is 28.3. The van der Waals surface area contributed by atoms with Crippen LogP contribution in [-0.4, -0.2) is 47.4 Å². The minimum atomic E-state index is -3.72. The number of carbonyl (C=O) groups is 2. The summed E-state index contributed by atoms with van der Waals surface area (Å²) in [5.41, 5.74) is -0.494. The molecule has 0 atom stereocenters. The minimum Gasteiger partial charge on any atom is -0.484 e. The molecule has 2 bridgehead atoms. The topological polar surface area (TPSA) is 132 Å². The highest BCUT2D eigenvalue weighted by atomic mass is 19.3. The van der Waals surface area contributed by atoms with Gasteiger partial charge >= 0.3 is 6.29 Å². The Hall–Kier alpha value is -4.14. The van der Waals surface area contributed by atoms with Gasteiger partial charge in [0.15, 0.2) is 24.7 Å². The monoisotopic (exact) mass is 472 g/mol. The zero-order valence-corrected chi connectivity index (χ0v) is 17.6. The van der Waals surface area contributed by atoms with Crippen molar-refractivity contribution in [3.8, 4) is 29.1 Å². The standard InChI is InChI=1S/C22H18F2N4O6/c23-22(24)33-16-4-3-14(5-17(16)34-22)31-8-18(29)27-20-10-21(11-20,12-20)28-19(30)9-32-15-2-1-13(6-25)26-7-15/h1-5,7H,8-12H2,(H,27,29)(H,28,30). The van der Waals surface area contributed by atoms with Gasteiger partial charge in [0.2, 0.25) is 0 Å². The number of nitriles is 1. The normalized spacial score (nSPS) is 24.6. The van der Waals surface area contributed by atoms with Gasteiger partial charge in [-0.3, -0.25) is 9.59 Å². The van der Waals surface area contributed by atoms with E-state index >= 15 is 0 Å². The number of rotatable bonds is 8. The summed E-state index contributed by atoms with van der Waals surface area (Å²) in [7, 11) is 0. The van der Waals surface area contributed by atoms with Crippen molar-refractivity contribution < 1.29 is 37.3 Å². The minimum absolute atomic E-state index is 0.109. The zero-order chi connectivity index (χ0) is 24.0. The SMILES string of the molecule is N#Cc1ccc(OCC(=O)NC23CC(NC(=O)COc4ccc5c(c4)OC(F)(F)O5)(C2)C3)cn1. The number of halogens is 2. The molecule has 0 radical (unpaired) electrons. The molecule has 1 aromatic carbocycles. The summed E-state index contributed by atoms with van der Waals surface area (Å²) in [6, 6.07) is 8.86. The highest BCUT2D eigenvalue weighted by Gasteiger charge is 2.69. The second kappa shape index (κ2) is 7.72. The molecule has 2 N–H and O–H groups in total. The lowest BCUT2D eigenvalue weighted by molar-refractivity contribution is -0.286. The first-order valence-electron chi connectivity index (χ1n) is 10.3. The number of benzene rings is 1. The molecule has 0 unspecified atom stereocenters. The summed E-state index contributed by atoms with van der Waals surface area (Å²) < 4.78 is 45.6. The van der Waals surface area contributed by atoms with Crippen molar-refractivity contribution in [1.29, 1.82) is 5.26 Å². The summed E-state index contributed by atoms with van der Waals surface area (Å²) in [6.07, 6.45) is -0.571. The van der Waals surface area contributed by atoms with E-state index in [1.54, 1.807) is 6.07 Å². The number of aromatic nitrogens is 1. The fourth-order valence-corrected chi connectivity index (χ4v) is 4.57. The van der Waals surface area contributed by atoms with Crippen molar-refractivity contribution >= 4 is 11.8 Å². The third kappa shape index (κ3) is 4.24. The first-order valence-corrected chi connectivity index (χ1v) is 10.3. The van der Waals surface area contributed by atoms with Crippen LogP contribution in [0.2, 0.25) is 0 Å². The largest absolute Gasteiger partial charge is 0.586 e. The number of fused-ring (bicyclic) bond motifs is 1. The Kier molecular flexibility index (Phi) is 4.93. The van der Waals surface area contributed by atoms with Gasteiger partial charge in [-0.1, -0.05) is 0 Å². The molecule has 3 saturated carbocycles. The molecule has 2 aromatic rings. The van der Waals surface area contributed by atoms with Crippen LogP contribution < -0.4 is 29.6 Å². The number of nitrogens with one attached hydrogen (secondary N) is 2. The molecule has 10 nitrogen and oxygen atoms in total. The van der Waals surface area contributed by atoms with Crippen molar-refractivity contribution in [1.82, 2.24) is 15.6 Å². The van der Waals surface area contributed by atoms with Crippen molar-refractivity contribution in [3.63, 3.8) is 0 Å². The Labute approximate surface area is 191 Å². The average molecular weight is 472 g/mol. The number of pyridine rings is 1. The number of nitrogens with zero attached hydrogens (tertiary/aromatic N) is 2. The number of amides is 2. The second-order valence-corrected chi connectivity index (χ2v) is 8.53. The van der Waals surface area contributed by atoms with E-state index in [2.05, 4.69) is 25.1 Å². The molecule has 2 heterocycles. The molecule has 2 amide bonds. The van der Waals surface area contributed by atoms with Gasteiger partial charge in [-0.2, -0.15) is 5.26 Å².